The molecule has 22 heavy (non-hydrogen) atoms. The third-order valence-electron chi connectivity index (χ3n) is 3.81. The van der Waals surface area contributed by atoms with Gasteiger partial charge in [-0.05, 0) is 24.6 Å². The van der Waals surface area contributed by atoms with E-state index in [1.54, 1.807) is 6.20 Å². The fraction of sp³-hybridized carbons (Fsp3) is 0.188. The van der Waals surface area contributed by atoms with Crippen molar-refractivity contribution in [2.45, 2.75) is 6.42 Å². The lowest BCUT2D eigenvalue weighted by molar-refractivity contribution is -0.112. The van der Waals surface area contributed by atoms with Crippen molar-refractivity contribution in [1.29, 1.82) is 0 Å². The van der Waals surface area contributed by atoms with E-state index in [-0.39, 0.29) is 5.91 Å². The van der Waals surface area contributed by atoms with Gasteiger partial charge in [-0.2, -0.15) is 0 Å². The van der Waals surface area contributed by atoms with E-state index in [2.05, 4.69) is 21.7 Å². The number of carbonyl (C=O) groups excluding carboxylic acids is 1. The van der Waals surface area contributed by atoms with Gasteiger partial charge in [0.05, 0.1) is 16.6 Å². The molecule has 2 aliphatic heterocycles. The summed E-state index contributed by atoms with van der Waals surface area (Å²) in [6.45, 7) is 1.37. The quantitative estimate of drug-likeness (QED) is 0.863. The molecule has 0 bridgehead atoms. The average molecular weight is 310 g/mol. The second-order valence-electron chi connectivity index (χ2n) is 5.15. The largest absolute Gasteiger partial charge is 0.312 e. The molecule has 1 aromatic carbocycles. The van der Waals surface area contributed by atoms with Crippen LogP contribution in [0.3, 0.4) is 0 Å². The van der Waals surface area contributed by atoms with Crippen LogP contribution in [0, 0.1) is 0 Å². The second kappa shape index (κ2) is 5.47. The number of hydrogen-bond acceptors (Lipinski definition) is 5. The lowest BCUT2D eigenvalue weighted by Gasteiger charge is -2.08. The molecule has 0 saturated heterocycles. The highest BCUT2D eigenvalue weighted by atomic mass is 32.1. The maximum atomic E-state index is 12.6. The highest BCUT2D eigenvalue weighted by Crippen LogP contribution is 2.24. The number of nitrogens with one attached hydrogen (secondary N) is 2. The third kappa shape index (κ3) is 2.26. The molecule has 6 heteroatoms. The van der Waals surface area contributed by atoms with Gasteiger partial charge < -0.3 is 5.32 Å². The molecule has 0 unspecified atom stereocenters. The molecule has 0 atom stereocenters. The number of allylic oxidation sites excluding steroid dienone is 1. The third-order valence-corrected chi connectivity index (χ3v) is 4.50. The number of benzene rings is 1. The summed E-state index contributed by atoms with van der Waals surface area (Å²) in [5.74, 6) is -0.131. The zero-order chi connectivity index (χ0) is 14.9. The Morgan fingerprint density at radius 2 is 2.23 bits per heavy atom. The number of fused-ring (bicyclic) bond motifs is 2. The van der Waals surface area contributed by atoms with Crippen molar-refractivity contribution in [3.8, 4) is 0 Å². The minimum absolute atomic E-state index is 0.131. The lowest BCUT2D eigenvalue weighted by atomic mass is 10.0. The number of carbonyl (C=O) groups is 1. The number of para-hydroxylation sites is 1. The molecular formula is C16H14N4OS. The van der Waals surface area contributed by atoms with Crippen LogP contribution in [0.5, 0.6) is 0 Å². The summed E-state index contributed by atoms with van der Waals surface area (Å²) in [7, 11) is 0. The maximum Gasteiger partial charge on any atom is 0.256 e. The minimum Gasteiger partial charge on any atom is -0.312 e. The van der Waals surface area contributed by atoms with Crippen molar-refractivity contribution in [1.82, 2.24) is 10.3 Å². The van der Waals surface area contributed by atoms with Crippen molar-refractivity contribution in [2.75, 3.05) is 18.4 Å². The Morgan fingerprint density at radius 3 is 3.09 bits per heavy atom. The standard InChI is InChI=1S/C16H14N4OS/c21-15(20-16-18-7-8-22-16)12-9-17-6-5-11-10-3-1-2-4-13(10)19-14(11)12/h1-4,7-8,17H,5-6,9H2,(H,18,20,21). The van der Waals surface area contributed by atoms with Crippen molar-refractivity contribution in [3.05, 3.63) is 57.7 Å². The average Bonchev–Trinajstić information content (AvgIpc) is 3.10. The Bertz CT molecular complexity index is 883. The number of thiazole rings is 1. The summed E-state index contributed by atoms with van der Waals surface area (Å²) < 4.78 is 0. The van der Waals surface area contributed by atoms with Gasteiger partial charge in [0.2, 0.25) is 0 Å². The zero-order valence-electron chi connectivity index (χ0n) is 11.8. The number of amides is 1. The van der Waals surface area contributed by atoms with Crippen LogP contribution in [0.2, 0.25) is 0 Å². The number of anilines is 1. The Balaban J connectivity index is 1.81. The first-order chi connectivity index (χ1) is 10.8. The van der Waals surface area contributed by atoms with Crippen molar-refractivity contribution in [2.24, 2.45) is 4.99 Å². The Morgan fingerprint density at radius 1 is 1.32 bits per heavy atom. The van der Waals surface area contributed by atoms with Crippen molar-refractivity contribution >= 4 is 27.9 Å². The van der Waals surface area contributed by atoms with E-state index in [1.165, 1.54) is 11.3 Å². The van der Waals surface area contributed by atoms with Gasteiger partial charge in [0.25, 0.3) is 5.91 Å². The minimum atomic E-state index is -0.131. The fourth-order valence-corrected chi connectivity index (χ4v) is 3.32. The fourth-order valence-electron chi connectivity index (χ4n) is 2.80. The normalized spacial score (nSPS) is 16.6. The van der Waals surface area contributed by atoms with Gasteiger partial charge in [-0.1, -0.05) is 18.2 Å². The second-order valence-corrected chi connectivity index (χ2v) is 6.05. The number of nitrogens with zero attached hydrogens (tertiary/aromatic N) is 2. The van der Waals surface area contributed by atoms with Crippen LogP contribution in [0.25, 0.3) is 5.57 Å². The van der Waals surface area contributed by atoms with E-state index in [9.17, 15) is 4.79 Å². The smallest absolute Gasteiger partial charge is 0.256 e. The van der Waals surface area contributed by atoms with Gasteiger partial charge in [-0.15, -0.1) is 11.3 Å². The van der Waals surface area contributed by atoms with Crippen molar-refractivity contribution in [3.63, 3.8) is 0 Å². The van der Waals surface area contributed by atoms with Gasteiger partial charge >= 0.3 is 0 Å². The van der Waals surface area contributed by atoms with Crippen LogP contribution in [-0.2, 0) is 4.79 Å². The summed E-state index contributed by atoms with van der Waals surface area (Å²) in [5.41, 5.74) is 2.66. The molecule has 4 rings (SSSR count). The topological polar surface area (TPSA) is 66.4 Å². The van der Waals surface area contributed by atoms with Gasteiger partial charge in [0, 0.05) is 23.3 Å². The molecule has 0 radical (unpaired) electrons. The number of hydrogen-bond donors (Lipinski definition) is 2. The highest BCUT2D eigenvalue weighted by Gasteiger charge is 2.24. The molecule has 2 aromatic rings. The van der Waals surface area contributed by atoms with E-state index in [0.717, 1.165) is 34.8 Å². The maximum absolute atomic E-state index is 12.6. The van der Waals surface area contributed by atoms with Crippen molar-refractivity contribution < 1.29 is 4.79 Å². The molecular weight excluding hydrogens is 296 g/mol. The predicted molar refractivity (Wildman–Crippen MR) is 85.9 cm³/mol. The van der Waals surface area contributed by atoms with Crippen LogP contribution in [0.1, 0.15) is 6.42 Å². The first kappa shape index (κ1) is 13.4. The molecule has 110 valence electrons. The summed E-state index contributed by atoms with van der Waals surface area (Å²) in [4.78, 5) is 21.4. The first-order valence-corrected chi connectivity index (χ1v) is 8.03. The van der Waals surface area contributed by atoms with E-state index >= 15 is 0 Å². The molecule has 1 amide bonds. The molecule has 2 N–H and O–H groups in total. The van der Waals surface area contributed by atoms with Crippen LogP contribution >= 0.6 is 11.3 Å². The molecule has 0 fully saturated rings. The van der Waals surface area contributed by atoms with Crippen LogP contribution in [-0.4, -0.2) is 24.0 Å². The molecule has 0 spiro atoms. The molecule has 5 nitrogen and oxygen atoms in total. The monoisotopic (exact) mass is 310 g/mol. The molecule has 2 aliphatic rings. The lowest BCUT2D eigenvalue weighted by Crippen LogP contribution is -2.25. The molecule has 0 saturated carbocycles. The first-order valence-electron chi connectivity index (χ1n) is 7.15. The van der Waals surface area contributed by atoms with E-state index < -0.39 is 0 Å². The van der Waals surface area contributed by atoms with Crippen LogP contribution in [0.4, 0.5) is 5.13 Å². The Kier molecular flexibility index (Phi) is 3.32. The van der Waals surface area contributed by atoms with Gasteiger partial charge in [-0.3, -0.25) is 10.1 Å². The molecule has 0 aliphatic carbocycles. The van der Waals surface area contributed by atoms with Gasteiger partial charge in [0.15, 0.2) is 5.13 Å². The molecule has 1 aromatic heterocycles. The van der Waals surface area contributed by atoms with E-state index in [0.29, 0.717) is 17.2 Å². The predicted octanol–water partition coefficient (Wildman–Crippen LogP) is 0.813. The van der Waals surface area contributed by atoms with Crippen LogP contribution < -0.4 is 21.2 Å². The number of aromatic nitrogens is 1. The van der Waals surface area contributed by atoms with Gasteiger partial charge in [0.1, 0.15) is 0 Å². The summed E-state index contributed by atoms with van der Waals surface area (Å²) >= 11 is 1.41. The number of rotatable bonds is 2. The van der Waals surface area contributed by atoms with Gasteiger partial charge in [-0.25, -0.2) is 9.98 Å². The van der Waals surface area contributed by atoms with E-state index in [4.69, 9.17) is 4.99 Å². The summed E-state index contributed by atoms with van der Waals surface area (Å²) in [6, 6.07) is 8.05. The summed E-state index contributed by atoms with van der Waals surface area (Å²) in [6.07, 6.45) is 2.56. The zero-order valence-corrected chi connectivity index (χ0v) is 12.6. The highest BCUT2D eigenvalue weighted by molar-refractivity contribution is 7.13. The summed E-state index contributed by atoms with van der Waals surface area (Å²) in [5, 5.41) is 10.7. The SMILES string of the molecule is O=C(Nc1nccs1)C1=C2N=c3ccccc3=C2CCNC1. The molecule has 3 heterocycles. The Hall–Kier alpha value is -2.31. The van der Waals surface area contributed by atoms with Crippen LogP contribution in [0.15, 0.2) is 52.1 Å². The van der Waals surface area contributed by atoms with E-state index in [1.807, 2.05) is 23.6 Å². The Labute approximate surface area is 131 Å².